The van der Waals surface area contributed by atoms with E-state index in [1.807, 2.05) is 24.5 Å². The highest BCUT2D eigenvalue weighted by Crippen LogP contribution is 2.41. The second kappa shape index (κ2) is 8.39. The fraction of sp³-hybridized carbons (Fsp3) is 0.440. The first kappa shape index (κ1) is 21.3. The van der Waals surface area contributed by atoms with E-state index in [1.54, 1.807) is 14.1 Å². The molecule has 1 aliphatic carbocycles. The van der Waals surface area contributed by atoms with Crippen LogP contribution in [0.3, 0.4) is 0 Å². The Morgan fingerprint density at radius 2 is 2.15 bits per heavy atom. The van der Waals surface area contributed by atoms with Crippen molar-refractivity contribution >= 4 is 28.0 Å². The topological polar surface area (TPSA) is 104 Å². The second-order valence-corrected chi connectivity index (χ2v) is 9.25. The third-order valence-electron chi connectivity index (χ3n) is 6.81. The van der Waals surface area contributed by atoms with E-state index >= 15 is 0 Å². The Kier molecular flexibility index (Phi) is 5.41. The molecule has 4 heterocycles. The van der Waals surface area contributed by atoms with E-state index in [4.69, 9.17) is 9.40 Å². The number of aromatic nitrogens is 4. The number of pyridine rings is 1. The molecule has 0 bridgehead atoms. The number of fused-ring (bicyclic) bond motifs is 3. The largest absolute Gasteiger partial charge is 0.458 e. The van der Waals surface area contributed by atoms with Gasteiger partial charge in [0.1, 0.15) is 22.8 Å². The number of furan rings is 1. The van der Waals surface area contributed by atoms with E-state index < -0.39 is 5.92 Å². The summed E-state index contributed by atoms with van der Waals surface area (Å²) in [6.45, 7) is 2.31. The maximum absolute atomic E-state index is 12.3. The minimum atomic E-state index is -0.778. The van der Waals surface area contributed by atoms with E-state index in [2.05, 4.69) is 33.6 Å². The summed E-state index contributed by atoms with van der Waals surface area (Å²) in [5, 5.41) is 10.5. The highest BCUT2D eigenvalue weighted by molar-refractivity contribution is 6.02. The lowest BCUT2D eigenvalue weighted by Gasteiger charge is -2.31. The van der Waals surface area contributed by atoms with Crippen LogP contribution in [0.2, 0.25) is 0 Å². The van der Waals surface area contributed by atoms with Gasteiger partial charge in [-0.1, -0.05) is 19.8 Å². The lowest BCUT2D eigenvalue weighted by atomic mass is 9.85. The third-order valence-corrected chi connectivity index (χ3v) is 6.81. The van der Waals surface area contributed by atoms with Gasteiger partial charge in [0.05, 0.1) is 17.8 Å². The summed E-state index contributed by atoms with van der Waals surface area (Å²) in [5.41, 5.74) is 2.76. The molecule has 0 saturated heterocycles. The summed E-state index contributed by atoms with van der Waals surface area (Å²) in [6.07, 6.45) is 8.67. The lowest BCUT2D eigenvalue weighted by molar-refractivity contribution is -0.131. The summed E-state index contributed by atoms with van der Waals surface area (Å²) < 4.78 is 8.53. The number of H-pyrrole nitrogens is 1. The summed E-state index contributed by atoms with van der Waals surface area (Å²) in [4.78, 5) is 26.4. The quantitative estimate of drug-likeness (QED) is 0.481. The van der Waals surface area contributed by atoms with Gasteiger partial charge in [-0.2, -0.15) is 5.26 Å². The molecule has 1 N–H and O–H groups in total. The molecular formula is C25H28N6O2. The van der Waals surface area contributed by atoms with E-state index in [-0.39, 0.29) is 12.3 Å². The fourth-order valence-corrected chi connectivity index (χ4v) is 5.08. The van der Waals surface area contributed by atoms with Crippen molar-refractivity contribution in [3.8, 4) is 17.7 Å². The highest BCUT2D eigenvalue weighted by atomic mass is 16.3. The van der Waals surface area contributed by atoms with Crippen LogP contribution in [-0.4, -0.2) is 44.4 Å². The van der Waals surface area contributed by atoms with Gasteiger partial charge in [0.25, 0.3) is 0 Å². The summed E-state index contributed by atoms with van der Waals surface area (Å²) >= 11 is 0. The van der Waals surface area contributed by atoms with Crippen molar-refractivity contribution in [3.05, 3.63) is 36.4 Å². The van der Waals surface area contributed by atoms with Crippen LogP contribution in [0.15, 0.2) is 35.0 Å². The highest BCUT2D eigenvalue weighted by Gasteiger charge is 2.30. The molecule has 4 aromatic rings. The number of imidazole rings is 1. The van der Waals surface area contributed by atoms with Gasteiger partial charge in [-0.25, -0.2) is 9.97 Å². The standard InChI is InChI=1S/C25H28N6O2/c1-15-6-4-5-7-20(15)31-22-18-10-11-27-23(18)28-14-19(22)29-24(31)21-9-8-17(33-21)12-16(13-26)25(32)30(2)3/h8-11,14-16,20H,4-7,12H2,1-3H3,(H,27,28)/t15-,16+,20+/m1/s1. The number of nitrogens with zero attached hydrogens (tertiary/aromatic N) is 5. The van der Waals surface area contributed by atoms with Crippen molar-refractivity contribution in [2.45, 2.75) is 45.1 Å². The van der Waals surface area contributed by atoms with Gasteiger partial charge in [-0.05, 0) is 37.0 Å². The van der Waals surface area contributed by atoms with Crippen LogP contribution in [0.4, 0.5) is 0 Å². The Morgan fingerprint density at radius 1 is 1.33 bits per heavy atom. The van der Waals surface area contributed by atoms with Gasteiger partial charge in [-0.3, -0.25) is 4.79 Å². The zero-order valence-corrected chi connectivity index (χ0v) is 19.2. The molecule has 0 aliphatic heterocycles. The normalized spacial score (nSPS) is 19.6. The van der Waals surface area contributed by atoms with Crippen LogP contribution in [0.5, 0.6) is 0 Å². The van der Waals surface area contributed by atoms with Crippen LogP contribution >= 0.6 is 0 Å². The van der Waals surface area contributed by atoms with E-state index in [0.29, 0.717) is 23.5 Å². The van der Waals surface area contributed by atoms with E-state index in [9.17, 15) is 10.1 Å². The molecule has 8 nitrogen and oxygen atoms in total. The fourth-order valence-electron chi connectivity index (χ4n) is 5.08. The lowest BCUT2D eigenvalue weighted by Crippen LogP contribution is -2.29. The number of amides is 1. The Balaban J connectivity index is 1.61. The minimum Gasteiger partial charge on any atom is -0.458 e. The van der Waals surface area contributed by atoms with Crippen LogP contribution in [-0.2, 0) is 11.2 Å². The molecule has 1 fully saturated rings. The number of hydrogen-bond donors (Lipinski definition) is 1. The minimum absolute atomic E-state index is 0.223. The van der Waals surface area contributed by atoms with Gasteiger partial charge in [0.2, 0.25) is 5.91 Å². The third kappa shape index (κ3) is 3.67. The number of carbonyl (C=O) groups excluding carboxylic acids is 1. The summed E-state index contributed by atoms with van der Waals surface area (Å²) in [7, 11) is 3.31. The maximum atomic E-state index is 12.3. The number of aromatic amines is 1. The number of rotatable bonds is 5. The first-order valence-corrected chi connectivity index (χ1v) is 11.5. The van der Waals surface area contributed by atoms with Gasteiger partial charge < -0.3 is 18.9 Å². The molecular weight excluding hydrogens is 416 g/mol. The number of nitrogens with one attached hydrogen (secondary N) is 1. The van der Waals surface area contributed by atoms with Crippen molar-refractivity contribution in [1.29, 1.82) is 5.26 Å². The first-order valence-electron chi connectivity index (χ1n) is 11.5. The SMILES string of the molecule is C[C@@H]1CCCC[C@@H]1n1c(-c2ccc(C[C@@H](C#N)C(=O)N(C)C)o2)nc2cnc3[nH]ccc3c21. The number of carbonyl (C=O) groups is 1. The van der Waals surface area contributed by atoms with Crippen molar-refractivity contribution < 1.29 is 9.21 Å². The molecule has 33 heavy (non-hydrogen) atoms. The average molecular weight is 445 g/mol. The average Bonchev–Trinajstić information content (AvgIpc) is 3.54. The molecule has 8 heteroatoms. The van der Waals surface area contributed by atoms with Crippen LogP contribution in [0, 0.1) is 23.2 Å². The Labute approximate surface area is 192 Å². The smallest absolute Gasteiger partial charge is 0.239 e. The van der Waals surface area contributed by atoms with Gasteiger partial charge in [0, 0.05) is 38.1 Å². The summed E-state index contributed by atoms with van der Waals surface area (Å²) in [6, 6.07) is 8.22. The maximum Gasteiger partial charge on any atom is 0.239 e. The first-order chi connectivity index (χ1) is 16.0. The molecule has 1 amide bonds. The molecule has 3 atom stereocenters. The molecule has 1 saturated carbocycles. The molecule has 170 valence electrons. The predicted molar refractivity (Wildman–Crippen MR) is 125 cm³/mol. The van der Waals surface area contributed by atoms with Crippen LogP contribution in [0.1, 0.15) is 44.4 Å². The van der Waals surface area contributed by atoms with Gasteiger partial charge in [-0.15, -0.1) is 0 Å². The zero-order valence-electron chi connectivity index (χ0n) is 19.2. The Hall–Kier alpha value is -3.60. The van der Waals surface area contributed by atoms with E-state index in [1.165, 1.54) is 24.2 Å². The molecule has 0 spiro atoms. The molecule has 1 aliphatic rings. The summed E-state index contributed by atoms with van der Waals surface area (Å²) in [5.74, 6) is 1.55. The molecule has 0 unspecified atom stereocenters. The van der Waals surface area contributed by atoms with Crippen LogP contribution < -0.4 is 0 Å². The Bertz CT molecular complexity index is 1350. The monoisotopic (exact) mass is 444 g/mol. The van der Waals surface area contributed by atoms with E-state index in [0.717, 1.165) is 34.3 Å². The van der Waals surface area contributed by atoms with Crippen molar-refractivity contribution in [2.24, 2.45) is 11.8 Å². The number of nitriles is 1. The van der Waals surface area contributed by atoms with Crippen molar-refractivity contribution in [3.63, 3.8) is 0 Å². The number of hydrogen-bond acceptors (Lipinski definition) is 5. The molecule has 4 aromatic heterocycles. The predicted octanol–water partition coefficient (Wildman–Crippen LogP) is 4.69. The molecule has 0 aromatic carbocycles. The van der Waals surface area contributed by atoms with Crippen molar-refractivity contribution in [1.82, 2.24) is 24.4 Å². The van der Waals surface area contributed by atoms with Crippen molar-refractivity contribution in [2.75, 3.05) is 14.1 Å². The molecule has 0 radical (unpaired) electrons. The second-order valence-electron chi connectivity index (χ2n) is 9.25. The van der Waals surface area contributed by atoms with Gasteiger partial charge >= 0.3 is 0 Å². The van der Waals surface area contributed by atoms with Crippen LogP contribution in [0.25, 0.3) is 33.7 Å². The Morgan fingerprint density at radius 3 is 2.91 bits per heavy atom. The molecule has 5 rings (SSSR count). The zero-order chi connectivity index (χ0) is 23.1. The van der Waals surface area contributed by atoms with Gasteiger partial charge in [0.15, 0.2) is 11.6 Å².